The van der Waals surface area contributed by atoms with Crippen LogP contribution in [0, 0.1) is 0 Å². The van der Waals surface area contributed by atoms with Gasteiger partial charge in [-0.05, 0) is 30.2 Å². The molecule has 0 aliphatic carbocycles. The third-order valence-corrected chi connectivity index (χ3v) is 6.39. The van der Waals surface area contributed by atoms with Gasteiger partial charge in [-0.1, -0.05) is 72.4 Å². The van der Waals surface area contributed by atoms with Crippen molar-refractivity contribution in [3.63, 3.8) is 0 Å². The predicted molar refractivity (Wildman–Crippen MR) is 128 cm³/mol. The molecule has 2 heterocycles. The normalized spacial score (nSPS) is 11.3. The fourth-order valence-corrected chi connectivity index (χ4v) is 4.81. The molecule has 7 heteroatoms. The molecular formula is C25H22N4O2S. The molecular weight excluding hydrogens is 420 g/mol. The van der Waals surface area contributed by atoms with Gasteiger partial charge >= 0.3 is 0 Å². The summed E-state index contributed by atoms with van der Waals surface area (Å²) in [7, 11) is 1.64. The van der Waals surface area contributed by atoms with Crippen molar-refractivity contribution in [1.82, 2.24) is 19.2 Å². The Labute approximate surface area is 189 Å². The van der Waals surface area contributed by atoms with Crippen LogP contribution in [0.1, 0.15) is 11.1 Å². The maximum Gasteiger partial charge on any atom is 0.263 e. The number of aromatic nitrogens is 4. The van der Waals surface area contributed by atoms with Gasteiger partial charge < -0.3 is 4.74 Å². The second-order valence-electron chi connectivity index (χ2n) is 7.42. The van der Waals surface area contributed by atoms with Gasteiger partial charge in [-0.15, -0.1) is 10.2 Å². The average molecular weight is 443 g/mol. The minimum Gasteiger partial charge on any atom is -0.496 e. The van der Waals surface area contributed by atoms with Gasteiger partial charge in [0.2, 0.25) is 5.78 Å². The zero-order chi connectivity index (χ0) is 21.9. The van der Waals surface area contributed by atoms with Crippen LogP contribution in [0.3, 0.4) is 0 Å². The molecule has 0 radical (unpaired) electrons. The Morgan fingerprint density at radius 2 is 1.66 bits per heavy atom. The zero-order valence-corrected chi connectivity index (χ0v) is 18.5. The van der Waals surface area contributed by atoms with Crippen LogP contribution in [0.25, 0.3) is 16.7 Å². The second-order valence-corrected chi connectivity index (χ2v) is 8.48. The smallest absolute Gasteiger partial charge is 0.263 e. The average Bonchev–Trinajstić information content (AvgIpc) is 3.26. The lowest BCUT2D eigenvalue weighted by molar-refractivity contribution is 0.408. The summed E-state index contributed by atoms with van der Waals surface area (Å²) in [5.74, 6) is 2.13. The first kappa shape index (κ1) is 20.3. The maximum atomic E-state index is 13.4. The number of para-hydroxylation sites is 2. The first-order valence-corrected chi connectivity index (χ1v) is 11.4. The van der Waals surface area contributed by atoms with Gasteiger partial charge in [0.15, 0.2) is 5.16 Å². The molecule has 2 aromatic heterocycles. The lowest BCUT2D eigenvalue weighted by Crippen LogP contribution is -2.24. The summed E-state index contributed by atoms with van der Waals surface area (Å²) < 4.78 is 9.16. The number of hydrogen-bond donors (Lipinski definition) is 0. The summed E-state index contributed by atoms with van der Waals surface area (Å²) in [6, 6.07) is 25.7. The number of thioether (sulfide) groups is 1. The van der Waals surface area contributed by atoms with E-state index in [1.807, 2.05) is 59.0 Å². The molecule has 0 amide bonds. The molecule has 5 rings (SSSR count). The first-order valence-electron chi connectivity index (χ1n) is 10.4. The molecule has 5 aromatic rings. The highest BCUT2D eigenvalue weighted by Crippen LogP contribution is 2.24. The van der Waals surface area contributed by atoms with Crippen molar-refractivity contribution in [1.29, 1.82) is 0 Å². The Morgan fingerprint density at radius 1 is 0.906 bits per heavy atom. The van der Waals surface area contributed by atoms with Crippen molar-refractivity contribution in [2.75, 3.05) is 12.9 Å². The van der Waals surface area contributed by atoms with Crippen molar-refractivity contribution in [2.45, 2.75) is 18.1 Å². The highest BCUT2D eigenvalue weighted by atomic mass is 32.2. The van der Waals surface area contributed by atoms with Crippen molar-refractivity contribution in [2.24, 2.45) is 0 Å². The summed E-state index contributed by atoms with van der Waals surface area (Å²) >= 11 is 1.64. The third kappa shape index (κ3) is 3.76. The Morgan fingerprint density at radius 3 is 2.50 bits per heavy atom. The van der Waals surface area contributed by atoms with Gasteiger partial charge in [-0.25, -0.2) is 0 Å². The molecule has 0 fully saturated rings. The van der Waals surface area contributed by atoms with Gasteiger partial charge in [0, 0.05) is 11.3 Å². The van der Waals surface area contributed by atoms with Crippen molar-refractivity contribution in [3.05, 3.63) is 100 Å². The van der Waals surface area contributed by atoms with E-state index in [0.717, 1.165) is 34.2 Å². The summed E-state index contributed by atoms with van der Waals surface area (Å²) in [6.45, 7) is 0.351. The molecule has 6 nitrogen and oxygen atoms in total. The standard InChI is InChI=1S/C25H22N4O2S/c1-31-22-14-8-5-11-19(22)17-28-23(30)20-12-6-7-13-21(20)29-24(28)26-27-25(29)32-16-15-18-9-3-2-4-10-18/h2-14H,15-17H2,1H3. The number of ether oxygens (including phenoxy) is 1. The van der Waals surface area contributed by atoms with Crippen LogP contribution in [-0.4, -0.2) is 32.0 Å². The minimum absolute atomic E-state index is 0.0905. The van der Waals surface area contributed by atoms with Crippen molar-refractivity contribution >= 4 is 28.4 Å². The van der Waals surface area contributed by atoms with E-state index in [1.165, 1.54) is 5.56 Å². The topological polar surface area (TPSA) is 61.4 Å². The Kier molecular flexibility index (Phi) is 5.64. The van der Waals surface area contributed by atoms with E-state index in [9.17, 15) is 4.79 Å². The molecule has 0 saturated heterocycles. The number of aryl methyl sites for hydroxylation is 1. The number of rotatable bonds is 7. The molecule has 0 saturated carbocycles. The molecule has 0 aliphatic heterocycles. The Bertz CT molecular complexity index is 1440. The molecule has 32 heavy (non-hydrogen) atoms. The van der Waals surface area contributed by atoms with E-state index in [1.54, 1.807) is 23.4 Å². The van der Waals surface area contributed by atoms with E-state index in [4.69, 9.17) is 4.74 Å². The van der Waals surface area contributed by atoms with E-state index in [-0.39, 0.29) is 5.56 Å². The van der Waals surface area contributed by atoms with E-state index < -0.39 is 0 Å². The number of fused-ring (bicyclic) bond motifs is 3. The van der Waals surface area contributed by atoms with Gasteiger partial charge in [0.1, 0.15) is 5.75 Å². The summed E-state index contributed by atoms with van der Waals surface area (Å²) in [4.78, 5) is 13.4. The van der Waals surface area contributed by atoms with E-state index >= 15 is 0 Å². The molecule has 3 aromatic carbocycles. The molecule has 0 unspecified atom stereocenters. The summed E-state index contributed by atoms with van der Waals surface area (Å²) in [5, 5.41) is 10.3. The fraction of sp³-hybridized carbons (Fsp3) is 0.160. The van der Waals surface area contributed by atoms with Crippen LogP contribution in [0.5, 0.6) is 5.75 Å². The predicted octanol–water partition coefficient (Wildman–Crippen LogP) is 4.44. The highest BCUT2D eigenvalue weighted by molar-refractivity contribution is 7.99. The van der Waals surface area contributed by atoms with Crippen molar-refractivity contribution < 1.29 is 4.74 Å². The fourth-order valence-electron chi connectivity index (χ4n) is 3.88. The Balaban J connectivity index is 1.58. The number of nitrogens with zero attached hydrogens (tertiary/aromatic N) is 4. The third-order valence-electron chi connectivity index (χ3n) is 5.46. The van der Waals surface area contributed by atoms with Crippen LogP contribution in [0.4, 0.5) is 0 Å². The maximum absolute atomic E-state index is 13.4. The zero-order valence-electron chi connectivity index (χ0n) is 17.6. The van der Waals surface area contributed by atoms with Crippen LogP contribution < -0.4 is 10.3 Å². The first-order chi connectivity index (χ1) is 15.8. The monoisotopic (exact) mass is 442 g/mol. The molecule has 0 N–H and O–H groups in total. The lowest BCUT2D eigenvalue weighted by atomic mass is 10.2. The highest BCUT2D eigenvalue weighted by Gasteiger charge is 2.17. The van der Waals surface area contributed by atoms with Gasteiger partial charge in [0.05, 0.1) is 24.6 Å². The van der Waals surface area contributed by atoms with Gasteiger partial charge in [0.25, 0.3) is 5.56 Å². The number of benzene rings is 3. The quantitative estimate of drug-likeness (QED) is 0.349. The molecule has 160 valence electrons. The molecule has 0 bridgehead atoms. The van der Waals surface area contributed by atoms with E-state index in [0.29, 0.717) is 17.7 Å². The van der Waals surface area contributed by atoms with Crippen molar-refractivity contribution in [3.8, 4) is 5.75 Å². The second kappa shape index (κ2) is 8.88. The molecule has 0 spiro atoms. The molecule has 0 atom stereocenters. The lowest BCUT2D eigenvalue weighted by Gasteiger charge is -2.13. The number of hydrogen-bond acceptors (Lipinski definition) is 5. The van der Waals surface area contributed by atoms with Crippen LogP contribution in [0.2, 0.25) is 0 Å². The number of methoxy groups -OCH3 is 1. The Hall–Kier alpha value is -3.58. The largest absolute Gasteiger partial charge is 0.496 e. The van der Waals surface area contributed by atoms with Crippen LogP contribution in [-0.2, 0) is 13.0 Å². The van der Waals surface area contributed by atoms with Gasteiger partial charge in [-0.3, -0.25) is 13.8 Å². The van der Waals surface area contributed by atoms with E-state index in [2.05, 4.69) is 34.5 Å². The minimum atomic E-state index is -0.0905. The van der Waals surface area contributed by atoms with Crippen LogP contribution >= 0.6 is 11.8 Å². The SMILES string of the molecule is COc1ccccc1Cn1c(=O)c2ccccc2n2c(SCCc3ccccc3)nnc12. The van der Waals surface area contributed by atoms with Gasteiger partial charge in [-0.2, -0.15) is 0 Å². The van der Waals surface area contributed by atoms with Crippen LogP contribution in [0.15, 0.2) is 88.8 Å². The molecule has 0 aliphatic rings. The summed E-state index contributed by atoms with van der Waals surface area (Å²) in [6.07, 6.45) is 0.930. The summed E-state index contributed by atoms with van der Waals surface area (Å²) in [5.41, 5.74) is 2.92.